The van der Waals surface area contributed by atoms with Gasteiger partial charge in [0.2, 0.25) is 0 Å². The number of hydrogen-bond donors (Lipinski definition) is 2. The lowest BCUT2D eigenvalue weighted by Crippen LogP contribution is -2.53. The summed E-state index contributed by atoms with van der Waals surface area (Å²) in [5.74, 6) is 0.636. The fourth-order valence-electron chi connectivity index (χ4n) is 4.17. The van der Waals surface area contributed by atoms with Crippen molar-refractivity contribution in [2.24, 2.45) is 5.92 Å². The predicted octanol–water partition coefficient (Wildman–Crippen LogP) is 1.15. The maximum atomic E-state index is 9.76. The number of aliphatic hydroxyl groups is 1. The van der Waals surface area contributed by atoms with Crippen LogP contribution in [0, 0.1) is 5.92 Å². The topological polar surface area (TPSA) is 38.7 Å². The first kappa shape index (κ1) is 16.2. The van der Waals surface area contributed by atoms with Crippen molar-refractivity contribution < 1.29 is 5.11 Å². The van der Waals surface area contributed by atoms with Crippen LogP contribution in [0.2, 0.25) is 0 Å². The van der Waals surface area contributed by atoms with Gasteiger partial charge in [-0.25, -0.2) is 0 Å². The monoisotopic (exact) mass is 283 g/mol. The first-order chi connectivity index (χ1) is 9.65. The highest BCUT2D eigenvalue weighted by Gasteiger charge is 2.40. The van der Waals surface area contributed by atoms with E-state index < -0.39 is 0 Å². The molecule has 3 atom stereocenters. The summed E-state index contributed by atoms with van der Waals surface area (Å²) in [6, 6.07) is 0.722. The summed E-state index contributed by atoms with van der Waals surface area (Å²) >= 11 is 0. The van der Waals surface area contributed by atoms with Gasteiger partial charge in [-0.15, -0.1) is 0 Å². The minimum atomic E-state index is -0.00324. The Labute approximate surface area is 124 Å². The highest BCUT2D eigenvalue weighted by atomic mass is 16.3. The predicted molar refractivity (Wildman–Crippen MR) is 84.0 cm³/mol. The van der Waals surface area contributed by atoms with Gasteiger partial charge in [0.15, 0.2) is 0 Å². The highest BCUT2D eigenvalue weighted by molar-refractivity contribution is 4.98. The first-order valence-corrected chi connectivity index (χ1v) is 8.37. The van der Waals surface area contributed by atoms with Crippen molar-refractivity contribution in [1.29, 1.82) is 0 Å². The molecule has 1 heterocycles. The van der Waals surface area contributed by atoms with Gasteiger partial charge in [-0.3, -0.25) is 0 Å². The van der Waals surface area contributed by atoms with Crippen molar-refractivity contribution in [3.8, 4) is 0 Å². The fourth-order valence-corrected chi connectivity index (χ4v) is 4.17. The van der Waals surface area contributed by atoms with E-state index in [0.29, 0.717) is 5.92 Å². The van der Waals surface area contributed by atoms with E-state index in [1.807, 2.05) is 7.05 Å². The summed E-state index contributed by atoms with van der Waals surface area (Å²) in [5.41, 5.74) is -0.00324. The largest absolute Gasteiger partial charge is 0.394 e. The van der Waals surface area contributed by atoms with Crippen LogP contribution < -0.4 is 5.32 Å². The minimum Gasteiger partial charge on any atom is -0.394 e. The molecule has 1 saturated heterocycles. The molecule has 2 aliphatic rings. The molecule has 2 rings (SSSR count). The molecule has 1 aliphatic heterocycles. The number of piperazine rings is 1. The van der Waals surface area contributed by atoms with Crippen molar-refractivity contribution in [3.05, 3.63) is 0 Å². The maximum absolute atomic E-state index is 9.76. The third-order valence-electron chi connectivity index (χ3n) is 5.86. The number of hydrogen-bond acceptors (Lipinski definition) is 4. The lowest BCUT2D eigenvalue weighted by molar-refractivity contribution is 0.0765. The van der Waals surface area contributed by atoms with Crippen LogP contribution in [0.4, 0.5) is 0 Å². The summed E-state index contributed by atoms with van der Waals surface area (Å²) in [7, 11) is 4.26. The van der Waals surface area contributed by atoms with Crippen molar-refractivity contribution >= 4 is 0 Å². The summed E-state index contributed by atoms with van der Waals surface area (Å²) in [4.78, 5) is 5.13. The Morgan fingerprint density at radius 2 is 2.15 bits per heavy atom. The average Bonchev–Trinajstić information content (AvgIpc) is 2.89. The summed E-state index contributed by atoms with van der Waals surface area (Å²) in [6.45, 7) is 7.38. The minimum absolute atomic E-state index is 0.00324. The molecule has 118 valence electrons. The van der Waals surface area contributed by atoms with E-state index in [1.54, 1.807) is 0 Å². The number of nitrogens with one attached hydrogen (secondary N) is 1. The van der Waals surface area contributed by atoms with Gasteiger partial charge < -0.3 is 20.2 Å². The van der Waals surface area contributed by atoms with Crippen LogP contribution in [0.25, 0.3) is 0 Å². The zero-order valence-electron chi connectivity index (χ0n) is 13.6. The summed E-state index contributed by atoms with van der Waals surface area (Å²) in [5, 5.41) is 13.2. The van der Waals surface area contributed by atoms with Crippen molar-refractivity contribution in [2.45, 2.75) is 50.6 Å². The van der Waals surface area contributed by atoms with Gasteiger partial charge in [0.05, 0.1) is 6.61 Å². The Morgan fingerprint density at radius 1 is 1.35 bits per heavy atom. The first-order valence-electron chi connectivity index (χ1n) is 8.37. The third kappa shape index (κ3) is 3.35. The van der Waals surface area contributed by atoms with E-state index in [-0.39, 0.29) is 12.1 Å². The van der Waals surface area contributed by atoms with Crippen LogP contribution in [0.5, 0.6) is 0 Å². The molecule has 0 aromatic heterocycles. The van der Waals surface area contributed by atoms with Gasteiger partial charge in [0.1, 0.15) is 0 Å². The second-order valence-corrected chi connectivity index (χ2v) is 6.79. The number of aliphatic hydroxyl groups excluding tert-OH is 1. The Bertz CT molecular complexity index is 293. The molecule has 0 aromatic carbocycles. The average molecular weight is 283 g/mol. The number of nitrogens with zero attached hydrogens (tertiary/aromatic N) is 2. The summed E-state index contributed by atoms with van der Waals surface area (Å²) < 4.78 is 0. The third-order valence-corrected chi connectivity index (χ3v) is 5.86. The van der Waals surface area contributed by atoms with E-state index >= 15 is 0 Å². The van der Waals surface area contributed by atoms with Crippen LogP contribution in [0.3, 0.4) is 0 Å². The van der Waals surface area contributed by atoms with Gasteiger partial charge in [0.25, 0.3) is 0 Å². The molecule has 4 heteroatoms. The smallest absolute Gasteiger partial charge is 0.0615 e. The molecule has 20 heavy (non-hydrogen) atoms. The molecule has 2 fully saturated rings. The number of likely N-dealkylation sites (N-methyl/N-ethyl adjacent to an activating group) is 2. The lowest BCUT2D eigenvalue weighted by Gasteiger charge is -2.40. The van der Waals surface area contributed by atoms with Gasteiger partial charge >= 0.3 is 0 Å². The second-order valence-electron chi connectivity index (χ2n) is 6.79. The molecule has 4 nitrogen and oxygen atoms in total. The van der Waals surface area contributed by atoms with E-state index in [1.165, 1.54) is 51.9 Å². The van der Waals surface area contributed by atoms with Crippen LogP contribution >= 0.6 is 0 Å². The van der Waals surface area contributed by atoms with E-state index in [4.69, 9.17) is 0 Å². The van der Waals surface area contributed by atoms with Crippen LogP contribution in [0.15, 0.2) is 0 Å². The van der Waals surface area contributed by atoms with Gasteiger partial charge in [0, 0.05) is 31.2 Å². The molecule has 3 unspecified atom stereocenters. The Balaban J connectivity index is 1.83. The quantitative estimate of drug-likeness (QED) is 0.767. The van der Waals surface area contributed by atoms with E-state index in [9.17, 15) is 5.11 Å². The van der Waals surface area contributed by atoms with Crippen LogP contribution in [-0.2, 0) is 0 Å². The molecule has 0 spiro atoms. The Morgan fingerprint density at radius 3 is 2.80 bits per heavy atom. The van der Waals surface area contributed by atoms with Gasteiger partial charge in [-0.2, -0.15) is 0 Å². The van der Waals surface area contributed by atoms with Gasteiger partial charge in [-0.1, -0.05) is 13.3 Å². The lowest BCUT2D eigenvalue weighted by atomic mass is 9.85. The standard InChI is InChI=1S/C16H33N3O/c1-4-15-12-19(11-10-18(15)3)9-7-14-6-5-8-16(14,13-20)17-2/h14-15,17,20H,4-13H2,1-3H3. The number of rotatable bonds is 6. The maximum Gasteiger partial charge on any atom is 0.0615 e. The normalized spacial score (nSPS) is 36.6. The van der Waals surface area contributed by atoms with Crippen molar-refractivity contribution in [1.82, 2.24) is 15.1 Å². The van der Waals surface area contributed by atoms with Crippen LogP contribution in [-0.4, -0.2) is 73.4 Å². The molecular formula is C16H33N3O. The summed E-state index contributed by atoms with van der Waals surface area (Å²) in [6.07, 6.45) is 6.12. The molecule has 0 amide bonds. The highest BCUT2D eigenvalue weighted by Crippen LogP contribution is 2.37. The molecule has 2 N–H and O–H groups in total. The SMILES string of the molecule is CCC1CN(CCC2CCCC2(CO)NC)CCN1C. The molecule has 1 aliphatic carbocycles. The Kier molecular flexibility index (Phi) is 5.84. The van der Waals surface area contributed by atoms with Gasteiger partial charge in [-0.05, 0) is 52.2 Å². The van der Waals surface area contributed by atoms with Crippen LogP contribution in [0.1, 0.15) is 39.0 Å². The molecule has 0 aromatic rings. The van der Waals surface area contributed by atoms with Crippen molar-refractivity contribution in [2.75, 3.05) is 46.9 Å². The molecule has 0 radical (unpaired) electrons. The second kappa shape index (κ2) is 7.21. The fraction of sp³-hybridized carbons (Fsp3) is 1.00. The van der Waals surface area contributed by atoms with E-state index in [0.717, 1.165) is 12.5 Å². The molecule has 1 saturated carbocycles. The molecule has 0 bridgehead atoms. The van der Waals surface area contributed by atoms with E-state index in [2.05, 4.69) is 29.1 Å². The van der Waals surface area contributed by atoms with Crippen molar-refractivity contribution in [3.63, 3.8) is 0 Å². The molecular weight excluding hydrogens is 250 g/mol. The zero-order chi connectivity index (χ0) is 14.6. The Hall–Kier alpha value is -0.160. The zero-order valence-corrected chi connectivity index (χ0v) is 13.6.